The standard InChI is InChI=1S/C15H24N2OS/c18-15(6-5-14-7-12-19-13-14)16-8-11-17-9-3-1-2-4-10-17/h7,12-13H,1-6,8-11H2,(H,16,18). The Bertz CT molecular complexity index is 356. The summed E-state index contributed by atoms with van der Waals surface area (Å²) in [7, 11) is 0. The SMILES string of the molecule is O=C(CCc1ccsc1)NCCN1CCCCCC1. The van der Waals surface area contributed by atoms with E-state index in [4.69, 9.17) is 0 Å². The molecule has 1 aliphatic heterocycles. The Hall–Kier alpha value is -0.870. The molecule has 0 unspecified atom stereocenters. The van der Waals surface area contributed by atoms with E-state index in [0.717, 1.165) is 19.5 Å². The lowest BCUT2D eigenvalue weighted by Crippen LogP contribution is -2.35. The van der Waals surface area contributed by atoms with Gasteiger partial charge in [0.2, 0.25) is 5.91 Å². The van der Waals surface area contributed by atoms with Crippen molar-refractivity contribution in [1.82, 2.24) is 10.2 Å². The van der Waals surface area contributed by atoms with Crippen LogP contribution in [0.2, 0.25) is 0 Å². The summed E-state index contributed by atoms with van der Waals surface area (Å²) in [5.74, 6) is 0.182. The molecule has 1 N–H and O–H groups in total. The Kier molecular flexibility index (Phi) is 6.37. The molecule has 1 aromatic rings. The van der Waals surface area contributed by atoms with Crippen LogP contribution in [0.25, 0.3) is 0 Å². The molecule has 0 aliphatic carbocycles. The molecule has 1 saturated heterocycles. The number of likely N-dealkylation sites (tertiary alicyclic amines) is 1. The number of thiophene rings is 1. The molecular weight excluding hydrogens is 256 g/mol. The van der Waals surface area contributed by atoms with Crippen molar-refractivity contribution in [3.63, 3.8) is 0 Å². The second-order valence-corrected chi connectivity index (χ2v) is 6.02. The van der Waals surface area contributed by atoms with Gasteiger partial charge in [-0.1, -0.05) is 12.8 Å². The predicted molar refractivity (Wildman–Crippen MR) is 80.6 cm³/mol. The highest BCUT2D eigenvalue weighted by molar-refractivity contribution is 7.07. The van der Waals surface area contributed by atoms with Crippen LogP contribution in [0.4, 0.5) is 0 Å². The van der Waals surface area contributed by atoms with Crippen LogP contribution < -0.4 is 5.32 Å². The molecule has 3 nitrogen and oxygen atoms in total. The lowest BCUT2D eigenvalue weighted by atomic mass is 10.2. The lowest BCUT2D eigenvalue weighted by molar-refractivity contribution is -0.121. The first-order chi connectivity index (χ1) is 9.34. The third-order valence-electron chi connectivity index (χ3n) is 3.67. The fraction of sp³-hybridized carbons (Fsp3) is 0.667. The Morgan fingerprint density at radius 2 is 2.05 bits per heavy atom. The molecular formula is C15H24N2OS. The van der Waals surface area contributed by atoms with Crippen molar-refractivity contribution in [2.45, 2.75) is 38.5 Å². The van der Waals surface area contributed by atoms with E-state index in [1.54, 1.807) is 11.3 Å². The normalized spacial score (nSPS) is 17.1. The van der Waals surface area contributed by atoms with Crippen LogP contribution in [-0.4, -0.2) is 37.0 Å². The van der Waals surface area contributed by atoms with Gasteiger partial charge in [0, 0.05) is 19.5 Å². The van der Waals surface area contributed by atoms with E-state index in [0.29, 0.717) is 6.42 Å². The quantitative estimate of drug-likeness (QED) is 0.869. The first-order valence-electron chi connectivity index (χ1n) is 7.35. The average molecular weight is 280 g/mol. The monoisotopic (exact) mass is 280 g/mol. The molecule has 106 valence electrons. The molecule has 2 rings (SSSR count). The van der Waals surface area contributed by atoms with Gasteiger partial charge in [0.05, 0.1) is 0 Å². The topological polar surface area (TPSA) is 32.3 Å². The lowest BCUT2D eigenvalue weighted by Gasteiger charge is -2.19. The van der Waals surface area contributed by atoms with Crippen LogP contribution in [-0.2, 0) is 11.2 Å². The summed E-state index contributed by atoms with van der Waals surface area (Å²) in [5.41, 5.74) is 1.27. The average Bonchev–Trinajstić information content (AvgIpc) is 2.80. The van der Waals surface area contributed by atoms with Gasteiger partial charge in [-0.3, -0.25) is 4.79 Å². The van der Waals surface area contributed by atoms with Gasteiger partial charge in [-0.05, 0) is 54.7 Å². The van der Waals surface area contributed by atoms with Crippen molar-refractivity contribution in [1.29, 1.82) is 0 Å². The Balaban J connectivity index is 1.55. The Morgan fingerprint density at radius 1 is 1.26 bits per heavy atom. The largest absolute Gasteiger partial charge is 0.355 e. The highest BCUT2D eigenvalue weighted by Crippen LogP contribution is 2.09. The van der Waals surface area contributed by atoms with Gasteiger partial charge in [-0.25, -0.2) is 0 Å². The summed E-state index contributed by atoms with van der Waals surface area (Å²) in [6, 6.07) is 2.09. The zero-order chi connectivity index (χ0) is 13.3. The molecule has 0 saturated carbocycles. The van der Waals surface area contributed by atoms with Crippen LogP contribution in [0.1, 0.15) is 37.7 Å². The van der Waals surface area contributed by atoms with Crippen molar-refractivity contribution in [2.75, 3.05) is 26.2 Å². The highest BCUT2D eigenvalue weighted by atomic mass is 32.1. The van der Waals surface area contributed by atoms with Crippen LogP contribution in [0.3, 0.4) is 0 Å². The summed E-state index contributed by atoms with van der Waals surface area (Å²) < 4.78 is 0. The molecule has 0 radical (unpaired) electrons. The van der Waals surface area contributed by atoms with Gasteiger partial charge in [0.1, 0.15) is 0 Å². The number of hydrogen-bond acceptors (Lipinski definition) is 3. The number of rotatable bonds is 6. The van der Waals surface area contributed by atoms with E-state index < -0.39 is 0 Å². The smallest absolute Gasteiger partial charge is 0.220 e. The Labute approximate surface area is 120 Å². The van der Waals surface area contributed by atoms with Gasteiger partial charge in [0.25, 0.3) is 0 Å². The molecule has 1 amide bonds. The number of carbonyl (C=O) groups excluding carboxylic acids is 1. The third kappa shape index (κ3) is 5.74. The minimum absolute atomic E-state index is 0.182. The van der Waals surface area contributed by atoms with E-state index in [9.17, 15) is 4.79 Å². The molecule has 1 fully saturated rings. The number of nitrogens with one attached hydrogen (secondary N) is 1. The van der Waals surface area contributed by atoms with E-state index in [2.05, 4.69) is 27.0 Å². The van der Waals surface area contributed by atoms with Crippen molar-refractivity contribution < 1.29 is 4.79 Å². The summed E-state index contributed by atoms with van der Waals surface area (Å²) >= 11 is 1.69. The van der Waals surface area contributed by atoms with E-state index in [1.165, 1.54) is 44.3 Å². The summed E-state index contributed by atoms with van der Waals surface area (Å²) in [6.45, 7) is 4.20. The number of nitrogens with zero attached hydrogens (tertiary/aromatic N) is 1. The van der Waals surface area contributed by atoms with Crippen molar-refractivity contribution >= 4 is 17.2 Å². The maximum atomic E-state index is 11.7. The fourth-order valence-electron chi connectivity index (χ4n) is 2.49. The van der Waals surface area contributed by atoms with Gasteiger partial charge in [-0.2, -0.15) is 11.3 Å². The van der Waals surface area contributed by atoms with Gasteiger partial charge < -0.3 is 10.2 Å². The minimum atomic E-state index is 0.182. The first-order valence-corrected chi connectivity index (χ1v) is 8.29. The van der Waals surface area contributed by atoms with Gasteiger partial charge in [0.15, 0.2) is 0 Å². The number of aryl methyl sites for hydroxylation is 1. The predicted octanol–water partition coefficient (Wildman–Crippen LogP) is 2.67. The summed E-state index contributed by atoms with van der Waals surface area (Å²) in [4.78, 5) is 14.2. The number of carbonyl (C=O) groups is 1. The van der Waals surface area contributed by atoms with E-state index in [-0.39, 0.29) is 5.91 Å². The molecule has 1 aliphatic rings. The molecule has 0 spiro atoms. The zero-order valence-corrected chi connectivity index (χ0v) is 12.4. The molecule has 4 heteroatoms. The van der Waals surface area contributed by atoms with Crippen molar-refractivity contribution in [2.24, 2.45) is 0 Å². The molecule has 0 bridgehead atoms. The van der Waals surface area contributed by atoms with Crippen molar-refractivity contribution in [3.05, 3.63) is 22.4 Å². The van der Waals surface area contributed by atoms with Crippen LogP contribution in [0.5, 0.6) is 0 Å². The zero-order valence-electron chi connectivity index (χ0n) is 11.6. The van der Waals surface area contributed by atoms with Gasteiger partial charge >= 0.3 is 0 Å². The summed E-state index contributed by atoms with van der Waals surface area (Å²) in [5, 5.41) is 7.21. The first kappa shape index (κ1) is 14.5. The van der Waals surface area contributed by atoms with E-state index in [1.807, 2.05) is 0 Å². The Morgan fingerprint density at radius 3 is 2.74 bits per heavy atom. The number of amides is 1. The number of hydrogen-bond donors (Lipinski definition) is 1. The summed E-state index contributed by atoms with van der Waals surface area (Å²) in [6.07, 6.45) is 6.82. The maximum Gasteiger partial charge on any atom is 0.220 e. The molecule has 0 aromatic carbocycles. The maximum absolute atomic E-state index is 11.7. The van der Waals surface area contributed by atoms with Crippen LogP contribution >= 0.6 is 11.3 Å². The molecule has 1 aromatic heterocycles. The second-order valence-electron chi connectivity index (χ2n) is 5.24. The fourth-order valence-corrected chi connectivity index (χ4v) is 3.20. The highest BCUT2D eigenvalue weighted by Gasteiger charge is 2.09. The molecule has 0 atom stereocenters. The molecule has 19 heavy (non-hydrogen) atoms. The van der Waals surface area contributed by atoms with Crippen LogP contribution in [0.15, 0.2) is 16.8 Å². The van der Waals surface area contributed by atoms with Crippen LogP contribution in [0, 0.1) is 0 Å². The van der Waals surface area contributed by atoms with Crippen molar-refractivity contribution in [3.8, 4) is 0 Å². The minimum Gasteiger partial charge on any atom is -0.355 e. The third-order valence-corrected chi connectivity index (χ3v) is 4.40. The molecule has 2 heterocycles. The van der Waals surface area contributed by atoms with E-state index >= 15 is 0 Å². The van der Waals surface area contributed by atoms with Gasteiger partial charge in [-0.15, -0.1) is 0 Å². The second kappa shape index (κ2) is 8.33.